The highest BCUT2D eigenvalue weighted by Gasteiger charge is 2.09. The van der Waals surface area contributed by atoms with Crippen LogP contribution < -0.4 is 10.6 Å². The third-order valence-corrected chi connectivity index (χ3v) is 9.08. The summed E-state index contributed by atoms with van der Waals surface area (Å²) in [6.45, 7) is 0. The number of benzene rings is 7. The van der Waals surface area contributed by atoms with Crippen LogP contribution in [0.1, 0.15) is 0 Å². The van der Waals surface area contributed by atoms with Crippen LogP contribution in [0, 0.1) is 0 Å². The Kier molecular flexibility index (Phi) is 7.10. The molecule has 2 heterocycles. The molecular weight excluding hydrogens is 599 g/mol. The standard InChI is InChI=1S/C45H31N3O/c1-2-8-32(9-3-1)42-25-23-38(29-46-42)48-43-14-7-10-31-16-17-35(27-41(31)43)34-12-6-11-33(26-34)30-18-20-36(21-19-30)47-37-22-24-40-39-13-4-5-15-44(39)49-45(40)28-37/h1-29,47-48H. The van der Waals surface area contributed by atoms with Gasteiger partial charge in [0.25, 0.3) is 0 Å². The molecule has 0 aliphatic rings. The zero-order valence-electron chi connectivity index (χ0n) is 26.6. The summed E-state index contributed by atoms with van der Waals surface area (Å²) >= 11 is 0. The van der Waals surface area contributed by atoms with E-state index < -0.39 is 0 Å². The molecular formula is C45H31N3O. The van der Waals surface area contributed by atoms with Crippen molar-refractivity contribution in [2.24, 2.45) is 0 Å². The number of aromatic nitrogens is 1. The zero-order chi connectivity index (χ0) is 32.6. The predicted molar refractivity (Wildman–Crippen MR) is 205 cm³/mol. The molecule has 0 radical (unpaired) electrons. The van der Waals surface area contributed by atoms with Gasteiger partial charge in [-0.25, -0.2) is 0 Å². The largest absolute Gasteiger partial charge is 0.456 e. The van der Waals surface area contributed by atoms with Gasteiger partial charge in [0.15, 0.2) is 0 Å². The van der Waals surface area contributed by atoms with Gasteiger partial charge in [0, 0.05) is 44.9 Å². The van der Waals surface area contributed by atoms with Gasteiger partial charge < -0.3 is 15.1 Å². The van der Waals surface area contributed by atoms with Crippen LogP contribution in [0.4, 0.5) is 22.7 Å². The van der Waals surface area contributed by atoms with Crippen molar-refractivity contribution < 1.29 is 4.42 Å². The lowest BCUT2D eigenvalue weighted by Gasteiger charge is -2.13. The lowest BCUT2D eigenvalue weighted by molar-refractivity contribution is 0.669. The van der Waals surface area contributed by atoms with E-state index in [1.54, 1.807) is 0 Å². The molecule has 4 nitrogen and oxygen atoms in total. The van der Waals surface area contributed by atoms with E-state index in [0.29, 0.717) is 0 Å². The molecule has 232 valence electrons. The molecule has 0 aliphatic heterocycles. The van der Waals surface area contributed by atoms with Gasteiger partial charge in [-0.3, -0.25) is 4.98 Å². The molecule has 0 fully saturated rings. The Bertz CT molecular complexity index is 2590. The molecule has 2 N–H and O–H groups in total. The van der Waals surface area contributed by atoms with Crippen molar-refractivity contribution in [3.8, 4) is 33.5 Å². The molecule has 4 heteroatoms. The van der Waals surface area contributed by atoms with E-state index in [2.05, 4.69) is 144 Å². The van der Waals surface area contributed by atoms with Crippen LogP contribution in [0.25, 0.3) is 66.2 Å². The first-order valence-electron chi connectivity index (χ1n) is 16.4. The normalized spacial score (nSPS) is 11.3. The minimum atomic E-state index is 0.880. The summed E-state index contributed by atoms with van der Waals surface area (Å²) in [5.41, 5.74) is 12.5. The molecule has 0 spiro atoms. The van der Waals surface area contributed by atoms with Crippen LogP contribution in [0.2, 0.25) is 0 Å². The molecule has 0 amide bonds. The zero-order valence-corrected chi connectivity index (χ0v) is 26.6. The fraction of sp³-hybridized carbons (Fsp3) is 0. The van der Waals surface area contributed by atoms with Crippen LogP contribution in [0.15, 0.2) is 180 Å². The van der Waals surface area contributed by atoms with Crippen LogP contribution >= 0.6 is 0 Å². The monoisotopic (exact) mass is 629 g/mol. The van der Waals surface area contributed by atoms with Crippen molar-refractivity contribution in [3.63, 3.8) is 0 Å². The van der Waals surface area contributed by atoms with Crippen LogP contribution in [-0.2, 0) is 0 Å². The maximum absolute atomic E-state index is 6.08. The summed E-state index contributed by atoms with van der Waals surface area (Å²) in [6, 6.07) is 59.2. The van der Waals surface area contributed by atoms with Gasteiger partial charge in [0.2, 0.25) is 0 Å². The average molecular weight is 630 g/mol. The van der Waals surface area contributed by atoms with Crippen molar-refractivity contribution in [2.75, 3.05) is 10.6 Å². The number of anilines is 4. The SMILES string of the molecule is c1ccc(-c2ccc(Nc3cccc4ccc(-c5cccc(-c6ccc(Nc7ccc8c(c7)oc7ccccc78)cc6)c5)cc34)cn2)cc1. The Morgan fingerprint density at radius 3 is 1.94 bits per heavy atom. The Hall–Kier alpha value is -6.65. The van der Waals surface area contributed by atoms with E-state index in [9.17, 15) is 0 Å². The van der Waals surface area contributed by atoms with E-state index in [0.717, 1.165) is 66.9 Å². The lowest BCUT2D eigenvalue weighted by atomic mass is 9.96. The molecule has 9 rings (SSSR count). The van der Waals surface area contributed by atoms with E-state index in [1.165, 1.54) is 22.1 Å². The van der Waals surface area contributed by atoms with Crippen molar-refractivity contribution >= 4 is 55.5 Å². The molecule has 7 aromatic carbocycles. The number of rotatable bonds is 7. The molecule has 0 atom stereocenters. The van der Waals surface area contributed by atoms with Crippen molar-refractivity contribution in [1.82, 2.24) is 4.98 Å². The molecule has 0 aliphatic carbocycles. The van der Waals surface area contributed by atoms with Gasteiger partial charge in [-0.1, -0.05) is 103 Å². The Morgan fingerprint density at radius 1 is 0.388 bits per heavy atom. The predicted octanol–water partition coefficient (Wildman–Crippen LogP) is 12.6. The minimum Gasteiger partial charge on any atom is -0.456 e. The van der Waals surface area contributed by atoms with Gasteiger partial charge in [0.05, 0.1) is 17.6 Å². The van der Waals surface area contributed by atoms with Gasteiger partial charge in [0.1, 0.15) is 11.2 Å². The number of nitrogens with one attached hydrogen (secondary N) is 2. The third-order valence-electron chi connectivity index (χ3n) is 9.08. The Labute approximate surface area is 284 Å². The average Bonchev–Trinajstić information content (AvgIpc) is 3.54. The van der Waals surface area contributed by atoms with E-state index in [1.807, 2.05) is 42.6 Å². The number of para-hydroxylation sites is 1. The highest BCUT2D eigenvalue weighted by Crippen LogP contribution is 2.34. The Morgan fingerprint density at radius 2 is 1.08 bits per heavy atom. The summed E-state index contributed by atoms with van der Waals surface area (Å²) in [5.74, 6) is 0. The summed E-state index contributed by atoms with van der Waals surface area (Å²) in [5, 5.41) is 11.7. The van der Waals surface area contributed by atoms with Gasteiger partial charge in [-0.2, -0.15) is 0 Å². The van der Waals surface area contributed by atoms with E-state index in [4.69, 9.17) is 9.40 Å². The number of furan rings is 1. The number of hydrogen-bond acceptors (Lipinski definition) is 4. The topological polar surface area (TPSA) is 50.1 Å². The summed E-state index contributed by atoms with van der Waals surface area (Å²) in [7, 11) is 0. The highest BCUT2D eigenvalue weighted by atomic mass is 16.3. The fourth-order valence-corrected chi connectivity index (χ4v) is 6.56. The summed E-state index contributed by atoms with van der Waals surface area (Å²) in [4.78, 5) is 4.70. The highest BCUT2D eigenvalue weighted by molar-refractivity contribution is 6.05. The van der Waals surface area contributed by atoms with Crippen molar-refractivity contribution in [1.29, 1.82) is 0 Å². The molecule has 9 aromatic rings. The molecule has 2 aromatic heterocycles. The van der Waals surface area contributed by atoms with E-state index >= 15 is 0 Å². The van der Waals surface area contributed by atoms with Crippen LogP contribution in [0.5, 0.6) is 0 Å². The Balaban J connectivity index is 0.951. The molecule has 0 saturated heterocycles. The molecule has 49 heavy (non-hydrogen) atoms. The number of nitrogens with zero attached hydrogens (tertiary/aromatic N) is 1. The van der Waals surface area contributed by atoms with Crippen molar-refractivity contribution in [2.45, 2.75) is 0 Å². The number of pyridine rings is 1. The summed E-state index contributed by atoms with van der Waals surface area (Å²) in [6.07, 6.45) is 1.90. The smallest absolute Gasteiger partial charge is 0.137 e. The van der Waals surface area contributed by atoms with Crippen LogP contribution in [-0.4, -0.2) is 4.98 Å². The minimum absolute atomic E-state index is 0.880. The third kappa shape index (κ3) is 5.66. The maximum Gasteiger partial charge on any atom is 0.137 e. The number of hydrogen-bond donors (Lipinski definition) is 2. The molecule has 0 bridgehead atoms. The fourth-order valence-electron chi connectivity index (χ4n) is 6.56. The van der Waals surface area contributed by atoms with Crippen LogP contribution in [0.3, 0.4) is 0 Å². The van der Waals surface area contributed by atoms with Gasteiger partial charge in [-0.05, 0) is 88.3 Å². The second kappa shape index (κ2) is 12.2. The second-order valence-corrected chi connectivity index (χ2v) is 12.3. The molecule has 0 saturated carbocycles. The molecule has 0 unspecified atom stereocenters. The van der Waals surface area contributed by atoms with Crippen molar-refractivity contribution in [3.05, 3.63) is 176 Å². The number of fused-ring (bicyclic) bond motifs is 4. The van der Waals surface area contributed by atoms with E-state index in [-0.39, 0.29) is 0 Å². The van der Waals surface area contributed by atoms with Gasteiger partial charge >= 0.3 is 0 Å². The summed E-state index contributed by atoms with van der Waals surface area (Å²) < 4.78 is 6.08. The second-order valence-electron chi connectivity index (χ2n) is 12.3. The van der Waals surface area contributed by atoms with Gasteiger partial charge in [-0.15, -0.1) is 0 Å². The first kappa shape index (κ1) is 28.6. The first-order valence-corrected chi connectivity index (χ1v) is 16.4. The quantitative estimate of drug-likeness (QED) is 0.184. The maximum atomic E-state index is 6.08. The lowest BCUT2D eigenvalue weighted by Crippen LogP contribution is -1.93. The first-order chi connectivity index (χ1) is 24.2.